The molecule has 0 saturated carbocycles. The summed E-state index contributed by atoms with van der Waals surface area (Å²) in [4.78, 5) is 15.5. The van der Waals surface area contributed by atoms with Crippen molar-refractivity contribution in [2.24, 2.45) is 0 Å². The van der Waals surface area contributed by atoms with E-state index in [1.807, 2.05) is 54.6 Å². The molecule has 0 saturated heterocycles. The Balaban J connectivity index is 1.04. The van der Waals surface area contributed by atoms with Crippen molar-refractivity contribution in [3.8, 4) is 51.0 Å². The number of furan rings is 2. The van der Waals surface area contributed by atoms with Crippen LogP contribution in [0.15, 0.2) is 191 Å². The molecule has 6 heteroatoms. The Hall–Kier alpha value is -7.83. The van der Waals surface area contributed by atoms with E-state index >= 15 is 0 Å². The number of hydrogen-bond acceptors (Lipinski definition) is 5. The molecule has 57 heavy (non-hydrogen) atoms. The first-order chi connectivity index (χ1) is 28.2. The van der Waals surface area contributed by atoms with Crippen molar-refractivity contribution in [1.29, 1.82) is 0 Å². The van der Waals surface area contributed by atoms with Crippen LogP contribution in [0.3, 0.4) is 0 Å². The first kappa shape index (κ1) is 31.5. The van der Waals surface area contributed by atoms with Crippen molar-refractivity contribution in [2.45, 2.75) is 0 Å². The van der Waals surface area contributed by atoms with Crippen LogP contribution in [0.25, 0.3) is 117 Å². The third-order valence-electron chi connectivity index (χ3n) is 11.1. The van der Waals surface area contributed by atoms with Crippen molar-refractivity contribution in [1.82, 2.24) is 19.5 Å². The Labute approximate surface area is 325 Å². The van der Waals surface area contributed by atoms with Gasteiger partial charge in [-0.2, -0.15) is 0 Å². The van der Waals surface area contributed by atoms with Crippen LogP contribution >= 0.6 is 0 Å². The van der Waals surface area contributed by atoms with Gasteiger partial charge >= 0.3 is 0 Å². The molecule has 6 nitrogen and oxygen atoms in total. The van der Waals surface area contributed by atoms with Crippen molar-refractivity contribution in [2.75, 3.05) is 0 Å². The van der Waals surface area contributed by atoms with Crippen LogP contribution in [-0.4, -0.2) is 19.5 Å². The Kier molecular flexibility index (Phi) is 6.83. The van der Waals surface area contributed by atoms with Gasteiger partial charge in [0.1, 0.15) is 22.3 Å². The van der Waals surface area contributed by atoms with E-state index < -0.39 is 0 Å². The molecule has 0 amide bonds. The zero-order valence-electron chi connectivity index (χ0n) is 30.4. The van der Waals surface area contributed by atoms with Gasteiger partial charge < -0.3 is 13.4 Å². The molecule has 0 bridgehead atoms. The predicted molar refractivity (Wildman–Crippen MR) is 230 cm³/mol. The van der Waals surface area contributed by atoms with Crippen molar-refractivity contribution >= 4 is 65.7 Å². The van der Waals surface area contributed by atoms with E-state index in [2.05, 4.69) is 132 Å². The highest BCUT2D eigenvalue weighted by atomic mass is 16.3. The van der Waals surface area contributed by atoms with Gasteiger partial charge in [0, 0.05) is 54.7 Å². The Morgan fingerprint density at radius 1 is 0.351 bits per heavy atom. The van der Waals surface area contributed by atoms with E-state index in [-0.39, 0.29) is 0 Å². The number of hydrogen-bond donors (Lipinski definition) is 0. The SMILES string of the molecule is c1ccc(-c2nc(-c3ccc4c(c3)oc3ccc(-c5cccc6oc7ccccc7c56)cc34)nc(-c3cccc4c5ccccc5n(-c5ccccc5)c34)n2)cc1. The van der Waals surface area contributed by atoms with Gasteiger partial charge in [0.2, 0.25) is 0 Å². The summed E-state index contributed by atoms with van der Waals surface area (Å²) in [6, 6.07) is 62.6. The zero-order chi connectivity index (χ0) is 37.5. The topological polar surface area (TPSA) is 69.9 Å². The molecule has 0 radical (unpaired) electrons. The molecule has 0 aliphatic heterocycles. The largest absolute Gasteiger partial charge is 0.456 e. The van der Waals surface area contributed by atoms with E-state index in [1.165, 1.54) is 5.39 Å². The number of benzene rings is 8. The summed E-state index contributed by atoms with van der Waals surface area (Å²) in [5.74, 6) is 1.77. The lowest BCUT2D eigenvalue weighted by Crippen LogP contribution is -2.02. The predicted octanol–water partition coefficient (Wildman–Crippen LogP) is 13.4. The van der Waals surface area contributed by atoms with Crippen LogP contribution in [-0.2, 0) is 0 Å². The number of nitrogens with zero attached hydrogens (tertiary/aromatic N) is 4. The molecular formula is C51H30N4O2. The minimum absolute atomic E-state index is 0.569. The lowest BCUT2D eigenvalue weighted by Gasteiger charge is -2.12. The van der Waals surface area contributed by atoms with Crippen LogP contribution < -0.4 is 0 Å². The van der Waals surface area contributed by atoms with Gasteiger partial charge in [-0.15, -0.1) is 0 Å². The summed E-state index contributed by atoms with van der Waals surface area (Å²) in [7, 11) is 0. The highest BCUT2D eigenvalue weighted by molar-refractivity contribution is 6.15. The first-order valence-corrected chi connectivity index (χ1v) is 19.0. The fraction of sp³-hybridized carbons (Fsp3) is 0. The van der Waals surface area contributed by atoms with Gasteiger partial charge in [-0.25, -0.2) is 15.0 Å². The second-order valence-electron chi connectivity index (χ2n) is 14.4. The van der Waals surface area contributed by atoms with E-state index in [0.29, 0.717) is 17.5 Å². The lowest BCUT2D eigenvalue weighted by molar-refractivity contribution is 0.669. The van der Waals surface area contributed by atoms with Crippen LogP contribution in [0.1, 0.15) is 0 Å². The molecule has 0 aliphatic carbocycles. The average molecular weight is 731 g/mol. The molecule has 12 aromatic rings. The smallest absolute Gasteiger partial charge is 0.166 e. The molecular weight excluding hydrogens is 701 g/mol. The van der Waals surface area contributed by atoms with Gasteiger partial charge in [0.25, 0.3) is 0 Å². The quantitative estimate of drug-likeness (QED) is 0.176. The van der Waals surface area contributed by atoms with E-state index in [1.54, 1.807) is 0 Å². The zero-order valence-corrected chi connectivity index (χ0v) is 30.4. The summed E-state index contributed by atoms with van der Waals surface area (Å²) < 4.78 is 15.1. The van der Waals surface area contributed by atoms with Gasteiger partial charge in [0.15, 0.2) is 17.5 Å². The van der Waals surface area contributed by atoms with E-state index in [0.717, 1.165) is 93.8 Å². The van der Waals surface area contributed by atoms with Crippen LogP contribution in [0, 0.1) is 0 Å². The van der Waals surface area contributed by atoms with E-state index in [4.69, 9.17) is 23.8 Å². The number of rotatable bonds is 5. The molecule has 4 aromatic heterocycles. The van der Waals surface area contributed by atoms with Crippen LogP contribution in [0.4, 0.5) is 0 Å². The maximum Gasteiger partial charge on any atom is 0.166 e. The maximum atomic E-state index is 6.54. The average Bonchev–Trinajstić information content (AvgIpc) is 3.96. The first-order valence-electron chi connectivity index (χ1n) is 19.0. The number of fused-ring (bicyclic) bond motifs is 9. The van der Waals surface area contributed by atoms with Crippen LogP contribution in [0.5, 0.6) is 0 Å². The molecule has 0 aliphatic rings. The van der Waals surface area contributed by atoms with Crippen molar-refractivity contribution in [3.63, 3.8) is 0 Å². The molecule has 0 fully saturated rings. The molecule has 0 atom stereocenters. The van der Waals surface area contributed by atoms with Crippen molar-refractivity contribution in [3.05, 3.63) is 182 Å². The van der Waals surface area contributed by atoms with Gasteiger partial charge in [-0.05, 0) is 71.8 Å². The molecule has 8 aromatic carbocycles. The summed E-state index contributed by atoms with van der Waals surface area (Å²) in [5.41, 5.74) is 11.5. The summed E-state index contributed by atoms with van der Waals surface area (Å²) in [6.45, 7) is 0. The van der Waals surface area contributed by atoms with E-state index in [9.17, 15) is 0 Å². The minimum atomic E-state index is 0.569. The second kappa shape index (κ2) is 12.3. The summed E-state index contributed by atoms with van der Waals surface area (Å²) in [6.07, 6.45) is 0. The van der Waals surface area contributed by atoms with Crippen LogP contribution in [0.2, 0.25) is 0 Å². The Morgan fingerprint density at radius 2 is 0.982 bits per heavy atom. The Bertz CT molecular complexity index is 3530. The monoisotopic (exact) mass is 730 g/mol. The lowest BCUT2D eigenvalue weighted by atomic mass is 9.98. The molecule has 4 heterocycles. The second-order valence-corrected chi connectivity index (χ2v) is 14.4. The van der Waals surface area contributed by atoms with Gasteiger partial charge in [0.05, 0.1) is 11.0 Å². The van der Waals surface area contributed by atoms with Gasteiger partial charge in [-0.1, -0.05) is 121 Å². The summed E-state index contributed by atoms with van der Waals surface area (Å²) >= 11 is 0. The molecule has 12 rings (SSSR count). The fourth-order valence-electron chi connectivity index (χ4n) is 8.49. The van der Waals surface area contributed by atoms with Crippen molar-refractivity contribution < 1.29 is 8.83 Å². The highest BCUT2D eigenvalue weighted by Gasteiger charge is 2.21. The Morgan fingerprint density at radius 3 is 1.86 bits per heavy atom. The standard InChI is InChI=1S/C51H30N4O2/c1-3-13-31(14-4-1)49-52-50(54-51(53-49)40-21-11-20-38-36-17-7-9-22-42(36)55(48(38)40)34-15-5-2-6-16-34)33-25-27-37-41-29-32(26-28-44(41)57-46(37)30-33)35-19-12-24-45-47(35)39-18-8-10-23-43(39)56-45/h1-30H. The van der Waals surface area contributed by atoms with Gasteiger partial charge in [-0.3, -0.25) is 0 Å². The summed E-state index contributed by atoms with van der Waals surface area (Å²) in [5, 5.41) is 6.59. The molecule has 0 unspecified atom stereocenters. The number of para-hydroxylation sites is 4. The molecule has 0 spiro atoms. The fourth-order valence-corrected chi connectivity index (χ4v) is 8.49. The highest BCUT2D eigenvalue weighted by Crippen LogP contribution is 2.41. The maximum absolute atomic E-state index is 6.54. The minimum Gasteiger partial charge on any atom is -0.456 e. The number of aromatic nitrogens is 4. The molecule has 0 N–H and O–H groups in total. The normalized spacial score (nSPS) is 11.9. The molecule has 266 valence electrons. The third-order valence-corrected chi connectivity index (χ3v) is 11.1. The third kappa shape index (κ3) is 4.94.